The molecule has 58 valence electrons. The molecule has 0 atom stereocenters. The number of hydrogen-bond donors (Lipinski definition) is 0. The molecule has 0 fully saturated rings. The van der Waals surface area contributed by atoms with Gasteiger partial charge in [0.15, 0.2) is 0 Å². The van der Waals surface area contributed by atoms with E-state index < -0.39 is 0 Å². The molecule has 0 amide bonds. The lowest BCUT2D eigenvalue weighted by atomic mass is 10.3. The number of furan rings is 1. The minimum Gasteiger partial charge on any atom is -0.469 e. The molecule has 1 aromatic rings. The molecule has 11 heavy (non-hydrogen) atoms. The van der Waals surface area contributed by atoms with E-state index in [2.05, 4.69) is 0 Å². The van der Waals surface area contributed by atoms with E-state index in [4.69, 9.17) is 4.42 Å². The zero-order valence-corrected chi connectivity index (χ0v) is 6.19. The van der Waals surface area contributed by atoms with Gasteiger partial charge in [-0.3, -0.25) is 0 Å². The summed E-state index contributed by atoms with van der Waals surface area (Å²) in [5.41, 5.74) is 0. The van der Waals surface area contributed by atoms with Crippen molar-refractivity contribution in [3.63, 3.8) is 0 Å². The lowest BCUT2D eigenvalue weighted by molar-refractivity contribution is -0.107. The first kappa shape index (κ1) is 7.79. The number of hydrogen-bond acceptors (Lipinski definition) is 2. The first-order chi connectivity index (χ1) is 5.43. The van der Waals surface area contributed by atoms with Gasteiger partial charge >= 0.3 is 0 Å². The molecule has 2 nitrogen and oxygen atoms in total. The third-order valence-electron chi connectivity index (χ3n) is 1.30. The molecule has 0 aliphatic rings. The molecule has 0 aromatic carbocycles. The third-order valence-corrected chi connectivity index (χ3v) is 1.30. The van der Waals surface area contributed by atoms with Gasteiger partial charge < -0.3 is 9.21 Å². The lowest BCUT2D eigenvalue weighted by Crippen LogP contribution is -1.74. The average Bonchev–Trinajstić information content (AvgIpc) is 2.50. The lowest BCUT2D eigenvalue weighted by Gasteiger charge is -1.85. The summed E-state index contributed by atoms with van der Waals surface area (Å²) in [5, 5.41) is 0. The molecular formula is C9H10O2. The maximum atomic E-state index is 9.89. The fraction of sp³-hybridized carbons (Fsp3) is 0.222. The minimum absolute atomic E-state index is 0.487. The third kappa shape index (κ3) is 2.85. The van der Waals surface area contributed by atoms with Crippen molar-refractivity contribution in [2.75, 3.05) is 0 Å². The van der Waals surface area contributed by atoms with Crippen LogP contribution in [-0.2, 0) is 11.2 Å². The normalized spacial score (nSPS) is 10.5. The van der Waals surface area contributed by atoms with Crippen LogP contribution in [0.2, 0.25) is 0 Å². The maximum absolute atomic E-state index is 9.89. The largest absolute Gasteiger partial charge is 0.469 e. The summed E-state index contributed by atoms with van der Waals surface area (Å²) >= 11 is 0. The average molecular weight is 150 g/mol. The Morgan fingerprint density at radius 1 is 1.45 bits per heavy atom. The number of allylic oxidation sites excluding steroid dienone is 2. The van der Waals surface area contributed by atoms with Gasteiger partial charge in [-0.1, -0.05) is 12.2 Å². The van der Waals surface area contributed by atoms with Crippen molar-refractivity contribution < 1.29 is 9.21 Å². The highest BCUT2D eigenvalue weighted by Gasteiger charge is 1.88. The fourth-order valence-corrected chi connectivity index (χ4v) is 0.780. The Hall–Kier alpha value is -1.31. The van der Waals surface area contributed by atoms with Crippen molar-refractivity contribution in [1.82, 2.24) is 0 Å². The standard InChI is InChI=1S/C9H10O2/c10-7-3-1-2-5-9-6-4-8-11-9/h1-2,4,6-8H,3,5H2/b2-1-. The summed E-state index contributed by atoms with van der Waals surface area (Å²) < 4.78 is 5.07. The van der Waals surface area contributed by atoms with Crippen LogP contribution < -0.4 is 0 Å². The zero-order valence-electron chi connectivity index (χ0n) is 6.19. The van der Waals surface area contributed by atoms with E-state index >= 15 is 0 Å². The monoisotopic (exact) mass is 150 g/mol. The highest BCUT2D eigenvalue weighted by molar-refractivity contribution is 5.51. The van der Waals surface area contributed by atoms with Gasteiger partial charge in [0, 0.05) is 12.8 Å². The Kier molecular flexibility index (Phi) is 3.19. The molecule has 1 heterocycles. The topological polar surface area (TPSA) is 30.2 Å². The predicted octanol–water partition coefficient (Wildman–Crippen LogP) is 1.97. The van der Waals surface area contributed by atoms with Gasteiger partial charge in [0.25, 0.3) is 0 Å². The van der Waals surface area contributed by atoms with Gasteiger partial charge in [-0.25, -0.2) is 0 Å². The fourth-order valence-electron chi connectivity index (χ4n) is 0.780. The zero-order chi connectivity index (χ0) is 7.94. The maximum Gasteiger partial charge on any atom is 0.123 e. The molecule has 0 radical (unpaired) electrons. The highest BCUT2D eigenvalue weighted by atomic mass is 16.3. The second-order valence-electron chi connectivity index (χ2n) is 2.16. The van der Waals surface area contributed by atoms with Crippen molar-refractivity contribution in [2.45, 2.75) is 12.8 Å². The second kappa shape index (κ2) is 4.50. The van der Waals surface area contributed by atoms with Crippen molar-refractivity contribution in [2.24, 2.45) is 0 Å². The van der Waals surface area contributed by atoms with E-state index in [1.54, 1.807) is 6.26 Å². The number of carbonyl (C=O) groups is 1. The summed E-state index contributed by atoms with van der Waals surface area (Å²) in [4.78, 5) is 9.89. The number of rotatable bonds is 4. The van der Waals surface area contributed by atoms with E-state index in [0.717, 1.165) is 18.5 Å². The van der Waals surface area contributed by atoms with Crippen molar-refractivity contribution in [3.8, 4) is 0 Å². The van der Waals surface area contributed by atoms with E-state index in [0.29, 0.717) is 6.42 Å². The predicted molar refractivity (Wildman–Crippen MR) is 42.2 cm³/mol. The van der Waals surface area contributed by atoms with Gasteiger partial charge in [0.05, 0.1) is 6.26 Å². The first-order valence-corrected chi connectivity index (χ1v) is 3.54. The summed E-state index contributed by atoms with van der Waals surface area (Å²) in [5.74, 6) is 0.923. The van der Waals surface area contributed by atoms with Gasteiger partial charge in [-0.2, -0.15) is 0 Å². The molecular weight excluding hydrogens is 140 g/mol. The van der Waals surface area contributed by atoms with E-state index in [-0.39, 0.29) is 0 Å². The Labute approximate surface area is 65.5 Å². The van der Waals surface area contributed by atoms with Crippen molar-refractivity contribution in [3.05, 3.63) is 36.3 Å². The van der Waals surface area contributed by atoms with Crippen LogP contribution >= 0.6 is 0 Å². The second-order valence-corrected chi connectivity index (χ2v) is 2.16. The Bertz CT molecular complexity index is 222. The summed E-state index contributed by atoms with van der Waals surface area (Å²) in [7, 11) is 0. The van der Waals surface area contributed by atoms with Crippen molar-refractivity contribution >= 4 is 6.29 Å². The molecule has 1 aromatic heterocycles. The molecule has 0 N–H and O–H groups in total. The molecule has 0 aliphatic heterocycles. The smallest absolute Gasteiger partial charge is 0.123 e. The van der Waals surface area contributed by atoms with Gasteiger partial charge in [-0.05, 0) is 12.1 Å². The van der Waals surface area contributed by atoms with Crippen LogP contribution in [0.3, 0.4) is 0 Å². The van der Waals surface area contributed by atoms with Crippen LogP contribution in [0.4, 0.5) is 0 Å². The Morgan fingerprint density at radius 3 is 3.00 bits per heavy atom. The van der Waals surface area contributed by atoms with Crippen LogP contribution in [0.15, 0.2) is 35.0 Å². The number of carbonyl (C=O) groups excluding carboxylic acids is 1. The van der Waals surface area contributed by atoms with Crippen LogP contribution in [0, 0.1) is 0 Å². The molecule has 0 unspecified atom stereocenters. The quantitative estimate of drug-likeness (QED) is 0.485. The molecule has 0 spiro atoms. The van der Waals surface area contributed by atoms with E-state index in [9.17, 15) is 4.79 Å². The van der Waals surface area contributed by atoms with Crippen LogP contribution in [-0.4, -0.2) is 6.29 Å². The molecule has 0 saturated heterocycles. The molecule has 0 bridgehead atoms. The van der Waals surface area contributed by atoms with Gasteiger partial charge in [0.2, 0.25) is 0 Å². The van der Waals surface area contributed by atoms with Crippen molar-refractivity contribution in [1.29, 1.82) is 0 Å². The van der Waals surface area contributed by atoms with E-state index in [1.807, 2.05) is 24.3 Å². The van der Waals surface area contributed by atoms with Gasteiger partial charge in [-0.15, -0.1) is 0 Å². The van der Waals surface area contributed by atoms with E-state index in [1.165, 1.54) is 0 Å². The Morgan fingerprint density at radius 2 is 2.36 bits per heavy atom. The summed E-state index contributed by atoms with van der Waals surface area (Å²) in [6.07, 6.45) is 7.52. The SMILES string of the molecule is O=CC/C=C\Cc1ccco1. The molecule has 0 aliphatic carbocycles. The molecule has 0 saturated carbocycles. The first-order valence-electron chi connectivity index (χ1n) is 3.54. The molecule has 1 rings (SSSR count). The highest BCUT2D eigenvalue weighted by Crippen LogP contribution is 2.01. The van der Waals surface area contributed by atoms with Gasteiger partial charge in [0.1, 0.15) is 12.0 Å². The van der Waals surface area contributed by atoms with Crippen LogP contribution in [0.5, 0.6) is 0 Å². The van der Waals surface area contributed by atoms with Crippen LogP contribution in [0.1, 0.15) is 12.2 Å². The van der Waals surface area contributed by atoms with Crippen LogP contribution in [0.25, 0.3) is 0 Å². The minimum atomic E-state index is 0.487. The summed E-state index contributed by atoms with van der Waals surface area (Å²) in [6.45, 7) is 0. The summed E-state index contributed by atoms with van der Waals surface area (Å²) in [6, 6.07) is 3.76. The molecule has 2 heteroatoms. The Balaban J connectivity index is 2.28. The number of aldehydes is 1.